The molecule has 0 amide bonds. The van der Waals surface area contributed by atoms with E-state index in [1.807, 2.05) is 23.4 Å². The van der Waals surface area contributed by atoms with Crippen molar-refractivity contribution in [2.75, 3.05) is 11.9 Å². The standard InChI is InChI=1S/C10H10ClN3OS/c1-14(4-7-2-3-16-5-7)9-8(11)10(15)13-6-12-9/h2-3,5-6H,4H2,1H3,(H,12,13,15). The summed E-state index contributed by atoms with van der Waals surface area (Å²) < 4.78 is 0. The van der Waals surface area contributed by atoms with Gasteiger partial charge in [-0.15, -0.1) is 0 Å². The van der Waals surface area contributed by atoms with Crippen LogP contribution in [0.5, 0.6) is 0 Å². The first-order valence-electron chi connectivity index (χ1n) is 4.64. The summed E-state index contributed by atoms with van der Waals surface area (Å²) in [5.74, 6) is 0.497. The molecule has 0 saturated carbocycles. The first-order valence-corrected chi connectivity index (χ1v) is 5.96. The third-order valence-corrected chi connectivity index (χ3v) is 3.21. The first kappa shape index (κ1) is 11.2. The molecular formula is C10H10ClN3OS. The maximum atomic E-state index is 11.3. The van der Waals surface area contributed by atoms with Crippen molar-refractivity contribution in [1.82, 2.24) is 9.97 Å². The smallest absolute Gasteiger partial charge is 0.271 e. The highest BCUT2D eigenvalue weighted by molar-refractivity contribution is 7.07. The Hall–Kier alpha value is -1.33. The Morgan fingerprint density at radius 1 is 1.62 bits per heavy atom. The average Bonchev–Trinajstić information content (AvgIpc) is 2.74. The zero-order valence-corrected chi connectivity index (χ0v) is 10.2. The van der Waals surface area contributed by atoms with Crippen LogP contribution in [0.25, 0.3) is 0 Å². The van der Waals surface area contributed by atoms with Gasteiger partial charge in [-0.3, -0.25) is 4.79 Å². The Bertz CT molecular complexity index is 523. The monoisotopic (exact) mass is 255 g/mol. The SMILES string of the molecule is CN(Cc1ccsc1)c1nc[nH]c(=O)c1Cl. The van der Waals surface area contributed by atoms with E-state index in [0.29, 0.717) is 12.4 Å². The molecule has 0 spiro atoms. The molecular weight excluding hydrogens is 246 g/mol. The van der Waals surface area contributed by atoms with Gasteiger partial charge in [0.2, 0.25) is 0 Å². The summed E-state index contributed by atoms with van der Waals surface area (Å²) in [6.07, 6.45) is 1.35. The number of H-pyrrole nitrogens is 1. The lowest BCUT2D eigenvalue weighted by Crippen LogP contribution is -2.21. The molecule has 1 N–H and O–H groups in total. The third kappa shape index (κ3) is 2.25. The van der Waals surface area contributed by atoms with Gasteiger partial charge >= 0.3 is 0 Å². The van der Waals surface area contributed by atoms with Crippen molar-refractivity contribution in [1.29, 1.82) is 0 Å². The highest BCUT2D eigenvalue weighted by atomic mass is 35.5. The predicted molar refractivity (Wildman–Crippen MR) is 66.3 cm³/mol. The minimum Gasteiger partial charge on any atom is -0.354 e. The van der Waals surface area contributed by atoms with Crippen LogP contribution in [0.4, 0.5) is 5.82 Å². The minimum absolute atomic E-state index is 0.125. The van der Waals surface area contributed by atoms with E-state index < -0.39 is 0 Å². The van der Waals surface area contributed by atoms with Gasteiger partial charge in [0, 0.05) is 13.6 Å². The van der Waals surface area contributed by atoms with Gasteiger partial charge in [0.25, 0.3) is 5.56 Å². The summed E-state index contributed by atoms with van der Waals surface area (Å²) >= 11 is 7.52. The normalized spacial score (nSPS) is 10.4. The second kappa shape index (κ2) is 4.67. The highest BCUT2D eigenvalue weighted by Crippen LogP contribution is 2.19. The van der Waals surface area contributed by atoms with Crippen molar-refractivity contribution < 1.29 is 0 Å². The van der Waals surface area contributed by atoms with Crippen LogP contribution in [-0.4, -0.2) is 17.0 Å². The van der Waals surface area contributed by atoms with Crippen LogP contribution in [0.2, 0.25) is 5.02 Å². The molecule has 0 saturated heterocycles. The summed E-state index contributed by atoms with van der Waals surface area (Å²) in [6, 6.07) is 2.03. The van der Waals surface area contributed by atoms with Gasteiger partial charge in [-0.1, -0.05) is 11.6 Å². The molecule has 0 atom stereocenters. The van der Waals surface area contributed by atoms with Gasteiger partial charge in [0.05, 0.1) is 6.33 Å². The van der Waals surface area contributed by atoms with Gasteiger partial charge in [-0.2, -0.15) is 11.3 Å². The zero-order chi connectivity index (χ0) is 11.5. The van der Waals surface area contributed by atoms with Gasteiger partial charge in [0.15, 0.2) is 5.82 Å². The van der Waals surface area contributed by atoms with Crippen LogP contribution in [0.15, 0.2) is 27.9 Å². The number of aromatic amines is 1. The molecule has 2 aromatic heterocycles. The van der Waals surface area contributed by atoms with Crippen LogP contribution in [-0.2, 0) is 6.54 Å². The fraction of sp³-hybridized carbons (Fsp3) is 0.200. The third-order valence-electron chi connectivity index (χ3n) is 2.14. The molecule has 2 aromatic rings. The molecule has 2 rings (SSSR count). The maximum absolute atomic E-state index is 11.3. The molecule has 0 unspecified atom stereocenters. The molecule has 0 radical (unpaired) electrons. The molecule has 84 valence electrons. The fourth-order valence-electron chi connectivity index (χ4n) is 1.37. The summed E-state index contributed by atoms with van der Waals surface area (Å²) in [5.41, 5.74) is 0.856. The summed E-state index contributed by atoms with van der Waals surface area (Å²) in [5, 5.41) is 4.19. The average molecular weight is 256 g/mol. The van der Waals surface area contributed by atoms with Crippen molar-refractivity contribution in [3.8, 4) is 0 Å². The number of hydrogen-bond acceptors (Lipinski definition) is 4. The van der Waals surface area contributed by atoms with E-state index in [9.17, 15) is 4.79 Å². The summed E-state index contributed by atoms with van der Waals surface area (Å²) in [6.45, 7) is 0.680. The van der Waals surface area contributed by atoms with Crippen LogP contribution in [0.1, 0.15) is 5.56 Å². The second-order valence-electron chi connectivity index (χ2n) is 3.36. The number of hydrogen-bond donors (Lipinski definition) is 1. The maximum Gasteiger partial charge on any atom is 0.271 e. The number of aromatic nitrogens is 2. The lowest BCUT2D eigenvalue weighted by molar-refractivity contribution is 0.890. The van der Waals surface area contributed by atoms with Gasteiger partial charge in [0.1, 0.15) is 5.02 Å². The first-order chi connectivity index (χ1) is 7.68. The molecule has 0 fully saturated rings. The summed E-state index contributed by atoms with van der Waals surface area (Å²) in [7, 11) is 1.85. The van der Waals surface area contributed by atoms with Crippen molar-refractivity contribution in [2.45, 2.75) is 6.54 Å². The second-order valence-corrected chi connectivity index (χ2v) is 4.51. The van der Waals surface area contributed by atoms with Crippen LogP contribution in [0.3, 0.4) is 0 Å². The fourth-order valence-corrected chi connectivity index (χ4v) is 2.28. The summed E-state index contributed by atoms with van der Waals surface area (Å²) in [4.78, 5) is 19.6. The molecule has 0 aromatic carbocycles. The zero-order valence-electron chi connectivity index (χ0n) is 8.61. The Kier molecular flexibility index (Phi) is 3.26. The topological polar surface area (TPSA) is 49.0 Å². The minimum atomic E-state index is -0.316. The number of nitrogens with one attached hydrogen (secondary N) is 1. The molecule has 0 aliphatic rings. The van der Waals surface area contributed by atoms with E-state index in [4.69, 9.17) is 11.6 Å². The van der Waals surface area contributed by atoms with Gasteiger partial charge in [-0.05, 0) is 22.4 Å². The Balaban J connectivity index is 2.24. The van der Waals surface area contributed by atoms with Crippen molar-refractivity contribution in [3.05, 3.63) is 44.1 Å². The van der Waals surface area contributed by atoms with E-state index >= 15 is 0 Å². The van der Waals surface area contributed by atoms with Crippen LogP contribution < -0.4 is 10.5 Å². The molecule has 4 nitrogen and oxygen atoms in total. The van der Waals surface area contributed by atoms with Gasteiger partial charge in [-0.25, -0.2) is 4.98 Å². The number of nitrogens with zero attached hydrogens (tertiary/aromatic N) is 2. The number of halogens is 1. The van der Waals surface area contributed by atoms with Crippen molar-refractivity contribution >= 4 is 28.8 Å². The lowest BCUT2D eigenvalue weighted by atomic mass is 10.3. The lowest BCUT2D eigenvalue weighted by Gasteiger charge is -2.17. The molecule has 2 heterocycles. The Morgan fingerprint density at radius 3 is 3.12 bits per heavy atom. The number of anilines is 1. The highest BCUT2D eigenvalue weighted by Gasteiger charge is 2.10. The van der Waals surface area contributed by atoms with E-state index in [1.54, 1.807) is 11.3 Å². The number of rotatable bonds is 3. The Morgan fingerprint density at radius 2 is 2.44 bits per heavy atom. The van der Waals surface area contributed by atoms with Crippen molar-refractivity contribution in [2.24, 2.45) is 0 Å². The van der Waals surface area contributed by atoms with E-state index in [2.05, 4.69) is 15.3 Å². The van der Waals surface area contributed by atoms with Gasteiger partial charge < -0.3 is 9.88 Å². The van der Waals surface area contributed by atoms with Crippen LogP contribution in [0, 0.1) is 0 Å². The van der Waals surface area contributed by atoms with E-state index in [1.165, 1.54) is 11.9 Å². The molecule has 6 heteroatoms. The number of thiophene rings is 1. The van der Waals surface area contributed by atoms with E-state index in [-0.39, 0.29) is 10.6 Å². The predicted octanol–water partition coefficient (Wildman–Crippen LogP) is 2.12. The largest absolute Gasteiger partial charge is 0.354 e. The Labute approximate surface area is 102 Å². The van der Waals surface area contributed by atoms with E-state index in [0.717, 1.165) is 0 Å². The molecule has 16 heavy (non-hydrogen) atoms. The molecule has 0 aliphatic carbocycles. The molecule has 0 bridgehead atoms. The van der Waals surface area contributed by atoms with Crippen LogP contribution >= 0.6 is 22.9 Å². The van der Waals surface area contributed by atoms with Crippen molar-refractivity contribution in [3.63, 3.8) is 0 Å². The molecule has 0 aliphatic heterocycles. The quantitative estimate of drug-likeness (QED) is 0.914.